The molecular weight excluding hydrogens is 552 g/mol. The molecule has 0 aliphatic carbocycles. The van der Waals surface area contributed by atoms with Crippen molar-refractivity contribution < 1.29 is 28.3 Å². The topological polar surface area (TPSA) is 91.0 Å². The minimum Gasteiger partial charge on any atom is -0.489 e. The summed E-state index contributed by atoms with van der Waals surface area (Å²) in [5.74, 6) is -0.0184. The lowest BCUT2D eigenvalue weighted by molar-refractivity contribution is -0.123. The SMILES string of the molecule is COC(=O)c1ccc(CN2C(=O)S/C(=C/c3cc(C)n(-c4ccc(OCc5ccccc5Cl)cc4)c3C)C2=O)o1. The van der Waals surface area contributed by atoms with Crippen molar-refractivity contribution in [2.24, 2.45) is 0 Å². The molecule has 0 atom stereocenters. The molecular formula is C30H25ClN2O6S. The summed E-state index contributed by atoms with van der Waals surface area (Å²) in [7, 11) is 1.25. The van der Waals surface area contributed by atoms with E-state index in [1.165, 1.54) is 13.2 Å². The third kappa shape index (κ3) is 5.57. The number of benzene rings is 2. The Balaban J connectivity index is 1.30. The second-order valence-corrected chi connectivity index (χ2v) is 10.5. The number of amides is 2. The van der Waals surface area contributed by atoms with E-state index in [0.717, 1.165) is 50.6 Å². The number of carbonyl (C=O) groups excluding carboxylic acids is 3. The second kappa shape index (κ2) is 11.5. The van der Waals surface area contributed by atoms with Crippen LogP contribution in [0.5, 0.6) is 5.75 Å². The summed E-state index contributed by atoms with van der Waals surface area (Å²) in [5, 5.41) is 0.255. The number of ether oxygens (including phenoxy) is 2. The number of nitrogens with zero attached hydrogens (tertiary/aromatic N) is 2. The van der Waals surface area contributed by atoms with E-state index < -0.39 is 17.1 Å². The predicted octanol–water partition coefficient (Wildman–Crippen LogP) is 6.94. The van der Waals surface area contributed by atoms with E-state index in [2.05, 4.69) is 9.30 Å². The van der Waals surface area contributed by atoms with Crippen molar-refractivity contribution in [3.05, 3.63) is 111 Å². The third-order valence-corrected chi connectivity index (χ3v) is 7.72. The number of aryl methyl sites for hydroxylation is 1. The zero-order valence-electron chi connectivity index (χ0n) is 22.0. The van der Waals surface area contributed by atoms with Crippen LogP contribution in [0.15, 0.2) is 76.1 Å². The third-order valence-electron chi connectivity index (χ3n) is 6.44. The molecule has 10 heteroatoms. The van der Waals surface area contributed by atoms with Crippen LogP contribution in [0.4, 0.5) is 4.79 Å². The van der Waals surface area contributed by atoms with E-state index in [9.17, 15) is 14.4 Å². The maximum Gasteiger partial charge on any atom is 0.373 e. The fourth-order valence-corrected chi connectivity index (χ4v) is 5.43. The Kier molecular flexibility index (Phi) is 7.86. The summed E-state index contributed by atoms with van der Waals surface area (Å²) in [6.07, 6.45) is 1.73. The zero-order chi connectivity index (χ0) is 28.4. The van der Waals surface area contributed by atoms with Gasteiger partial charge in [0.2, 0.25) is 5.76 Å². The minimum atomic E-state index is -0.630. The Morgan fingerprint density at radius 3 is 2.52 bits per heavy atom. The lowest BCUT2D eigenvalue weighted by atomic mass is 10.2. The van der Waals surface area contributed by atoms with Crippen molar-refractivity contribution in [2.45, 2.75) is 27.0 Å². The van der Waals surface area contributed by atoms with Gasteiger partial charge in [-0.05, 0) is 85.8 Å². The van der Waals surface area contributed by atoms with E-state index in [1.54, 1.807) is 12.1 Å². The summed E-state index contributed by atoms with van der Waals surface area (Å²) >= 11 is 7.09. The number of hydrogen-bond donors (Lipinski definition) is 0. The van der Waals surface area contributed by atoms with Gasteiger partial charge in [0.25, 0.3) is 11.1 Å². The fraction of sp³-hybridized carbons (Fsp3) is 0.167. The molecule has 0 bridgehead atoms. The van der Waals surface area contributed by atoms with Crippen molar-refractivity contribution >= 4 is 46.6 Å². The lowest BCUT2D eigenvalue weighted by Crippen LogP contribution is -2.27. The van der Waals surface area contributed by atoms with Gasteiger partial charge >= 0.3 is 5.97 Å². The van der Waals surface area contributed by atoms with Crippen molar-refractivity contribution in [2.75, 3.05) is 7.11 Å². The van der Waals surface area contributed by atoms with E-state index in [0.29, 0.717) is 22.3 Å². The quantitative estimate of drug-likeness (QED) is 0.166. The van der Waals surface area contributed by atoms with Crippen LogP contribution in [0, 0.1) is 13.8 Å². The highest BCUT2D eigenvalue weighted by Crippen LogP contribution is 2.35. The minimum absolute atomic E-state index is 0.00707. The highest BCUT2D eigenvalue weighted by Gasteiger charge is 2.36. The fourth-order valence-electron chi connectivity index (χ4n) is 4.41. The average Bonchev–Trinajstić information content (AvgIpc) is 3.61. The first-order valence-electron chi connectivity index (χ1n) is 12.3. The van der Waals surface area contributed by atoms with Gasteiger partial charge in [0.05, 0.1) is 18.6 Å². The van der Waals surface area contributed by atoms with Crippen LogP contribution in [0.1, 0.15) is 38.8 Å². The maximum atomic E-state index is 13.1. The van der Waals surface area contributed by atoms with Crippen molar-refractivity contribution in [3.8, 4) is 11.4 Å². The van der Waals surface area contributed by atoms with E-state index in [4.69, 9.17) is 20.8 Å². The molecule has 4 aromatic rings. The number of methoxy groups -OCH3 is 1. The van der Waals surface area contributed by atoms with Crippen LogP contribution in [0.2, 0.25) is 5.02 Å². The van der Waals surface area contributed by atoms with Crippen LogP contribution >= 0.6 is 23.4 Å². The van der Waals surface area contributed by atoms with E-state index >= 15 is 0 Å². The number of esters is 1. The van der Waals surface area contributed by atoms with Gasteiger partial charge in [0, 0.05) is 27.7 Å². The molecule has 1 aliphatic heterocycles. The van der Waals surface area contributed by atoms with E-state index in [1.807, 2.05) is 68.4 Å². The number of aromatic nitrogens is 1. The summed E-state index contributed by atoms with van der Waals surface area (Å²) < 4.78 is 18.0. The molecule has 2 aromatic heterocycles. The summed E-state index contributed by atoms with van der Waals surface area (Å²) in [5.41, 5.74) is 4.57. The summed E-state index contributed by atoms with van der Waals surface area (Å²) in [6, 6.07) is 20.3. The molecule has 1 saturated heterocycles. The molecule has 3 heterocycles. The first-order valence-corrected chi connectivity index (χ1v) is 13.5. The van der Waals surface area contributed by atoms with E-state index in [-0.39, 0.29) is 12.3 Å². The standard InChI is InChI=1S/C30H25ClN2O6S/c1-18-14-21(15-27-28(34)32(30(36)40-27)16-24-12-13-26(39-24)29(35)37-3)19(2)33(18)22-8-10-23(11-9-22)38-17-20-6-4-5-7-25(20)31/h4-15H,16-17H2,1-3H3/b27-15+. The highest BCUT2D eigenvalue weighted by molar-refractivity contribution is 8.18. The first-order chi connectivity index (χ1) is 19.2. The van der Waals surface area contributed by atoms with Gasteiger partial charge in [-0.1, -0.05) is 29.8 Å². The van der Waals surface area contributed by atoms with Crippen LogP contribution in [0.25, 0.3) is 11.8 Å². The van der Waals surface area contributed by atoms with Gasteiger partial charge in [0.1, 0.15) is 18.1 Å². The number of halogens is 1. The zero-order valence-corrected chi connectivity index (χ0v) is 23.5. The Morgan fingerprint density at radius 2 is 1.80 bits per heavy atom. The molecule has 0 unspecified atom stereocenters. The molecule has 2 aromatic carbocycles. The van der Waals surface area contributed by atoms with Gasteiger partial charge in [-0.25, -0.2) is 4.79 Å². The maximum absolute atomic E-state index is 13.1. The Morgan fingerprint density at radius 1 is 1.05 bits per heavy atom. The number of thioether (sulfide) groups is 1. The largest absolute Gasteiger partial charge is 0.489 e. The monoisotopic (exact) mass is 576 g/mol. The normalized spacial score (nSPS) is 14.3. The summed E-state index contributed by atoms with van der Waals surface area (Å²) in [4.78, 5) is 38.7. The number of furan rings is 1. The Bertz CT molecular complexity index is 1640. The second-order valence-electron chi connectivity index (χ2n) is 9.06. The summed E-state index contributed by atoms with van der Waals surface area (Å²) in [6.45, 7) is 4.23. The van der Waals surface area contributed by atoms with Crippen molar-refractivity contribution in [3.63, 3.8) is 0 Å². The molecule has 2 amide bonds. The highest BCUT2D eigenvalue weighted by atomic mass is 35.5. The van der Waals surface area contributed by atoms with Crippen molar-refractivity contribution in [1.29, 1.82) is 0 Å². The molecule has 0 radical (unpaired) electrons. The molecule has 1 aliphatic rings. The number of rotatable bonds is 8. The molecule has 0 spiro atoms. The molecule has 204 valence electrons. The van der Waals surface area contributed by atoms with Crippen LogP contribution in [-0.4, -0.2) is 33.7 Å². The molecule has 1 fully saturated rings. The van der Waals surface area contributed by atoms with Gasteiger partial charge in [-0.3, -0.25) is 14.5 Å². The Labute approximate surface area is 240 Å². The van der Waals surface area contributed by atoms with Gasteiger partial charge < -0.3 is 18.5 Å². The Hall–Kier alpha value is -4.21. The van der Waals surface area contributed by atoms with Crippen LogP contribution in [-0.2, 0) is 22.7 Å². The molecule has 5 rings (SSSR count). The predicted molar refractivity (Wildman–Crippen MR) is 153 cm³/mol. The lowest BCUT2D eigenvalue weighted by Gasteiger charge is -2.12. The number of hydrogen-bond acceptors (Lipinski definition) is 7. The number of carbonyl (C=O) groups is 3. The molecule has 40 heavy (non-hydrogen) atoms. The van der Waals surface area contributed by atoms with Gasteiger partial charge in [0.15, 0.2) is 0 Å². The number of imide groups is 1. The van der Waals surface area contributed by atoms with Gasteiger partial charge in [-0.15, -0.1) is 0 Å². The molecule has 8 nitrogen and oxygen atoms in total. The van der Waals surface area contributed by atoms with Gasteiger partial charge in [-0.2, -0.15) is 0 Å². The molecule has 0 N–H and O–H groups in total. The van der Waals surface area contributed by atoms with Crippen molar-refractivity contribution in [1.82, 2.24) is 9.47 Å². The van der Waals surface area contributed by atoms with Crippen LogP contribution < -0.4 is 4.74 Å². The van der Waals surface area contributed by atoms with Crippen LogP contribution in [0.3, 0.4) is 0 Å². The smallest absolute Gasteiger partial charge is 0.373 e. The average molecular weight is 577 g/mol. The first kappa shape index (κ1) is 27.4. The molecule has 0 saturated carbocycles.